The molecule has 1 N–H and O–H groups in total. The fourth-order valence-corrected chi connectivity index (χ4v) is 4.29. The zero-order chi connectivity index (χ0) is 26.4. The minimum Gasteiger partial charge on any atom is -0.465 e. The maximum Gasteiger partial charge on any atom is 0.407 e. The van der Waals surface area contributed by atoms with Gasteiger partial charge in [-0.25, -0.2) is 14.8 Å². The molecule has 4 aromatic rings. The predicted molar refractivity (Wildman–Crippen MR) is 144 cm³/mol. The normalized spacial score (nSPS) is 13.8. The Balaban J connectivity index is 0.000000349. The summed E-state index contributed by atoms with van der Waals surface area (Å²) in [7, 11) is 3.47. The first-order chi connectivity index (χ1) is 17.8. The number of aromatic nitrogens is 6. The standard InChI is InChI=1S/C23H24N6.C5H11NO2/c1-28-15-20(13-26-28)17-6-5-7-18(10-17)23-24-11-19(12-25-23)21-14-27-29(16-21)22-8-3-2-4-9-22;1-4(2)6(3)5(7)8/h5-7,10-16,22H,2-4,8-9H2,1H3;4H,1-3H3,(H,7,8). The summed E-state index contributed by atoms with van der Waals surface area (Å²) in [5.41, 5.74) is 5.26. The molecule has 0 saturated heterocycles. The average Bonchev–Trinajstić information content (AvgIpc) is 3.59. The van der Waals surface area contributed by atoms with Crippen LogP contribution in [0.2, 0.25) is 0 Å². The molecule has 0 bridgehead atoms. The molecule has 0 aliphatic heterocycles. The van der Waals surface area contributed by atoms with E-state index in [1.54, 1.807) is 11.7 Å². The van der Waals surface area contributed by atoms with Gasteiger partial charge in [0.15, 0.2) is 5.82 Å². The Morgan fingerprint density at radius 1 is 0.919 bits per heavy atom. The summed E-state index contributed by atoms with van der Waals surface area (Å²) in [5, 5.41) is 17.1. The van der Waals surface area contributed by atoms with Gasteiger partial charge in [0.25, 0.3) is 0 Å². The van der Waals surface area contributed by atoms with Gasteiger partial charge in [-0.05, 0) is 38.3 Å². The zero-order valence-electron chi connectivity index (χ0n) is 21.9. The molecule has 5 rings (SSSR count). The van der Waals surface area contributed by atoms with Crippen LogP contribution in [0.5, 0.6) is 0 Å². The lowest BCUT2D eigenvalue weighted by molar-refractivity contribution is 0.145. The van der Waals surface area contributed by atoms with Gasteiger partial charge in [0.05, 0.1) is 18.4 Å². The van der Waals surface area contributed by atoms with Crippen LogP contribution in [-0.2, 0) is 7.05 Å². The number of aryl methyl sites for hydroxylation is 1. The van der Waals surface area contributed by atoms with Crippen LogP contribution in [-0.4, -0.2) is 58.7 Å². The molecule has 1 aliphatic carbocycles. The molecule has 1 saturated carbocycles. The second-order valence-corrected chi connectivity index (χ2v) is 9.77. The maximum absolute atomic E-state index is 10.1. The molecule has 0 radical (unpaired) electrons. The highest BCUT2D eigenvalue weighted by Crippen LogP contribution is 2.29. The quantitative estimate of drug-likeness (QED) is 0.364. The average molecular weight is 502 g/mol. The molecule has 1 aromatic carbocycles. The fraction of sp³-hybridized carbons (Fsp3) is 0.393. The number of amides is 1. The molecule has 3 aromatic heterocycles. The lowest BCUT2D eigenvalue weighted by Crippen LogP contribution is -2.31. The summed E-state index contributed by atoms with van der Waals surface area (Å²) in [6, 6.07) is 8.86. The van der Waals surface area contributed by atoms with Crippen molar-refractivity contribution in [2.75, 3.05) is 7.05 Å². The number of hydrogen-bond donors (Lipinski definition) is 1. The Labute approximate surface area is 217 Å². The number of benzene rings is 1. The van der Waals surface area contributed by atoms with Crippen molar-refractivity contribution in [3.63, 3.8) is 0 Å². The van der Waals surface area contributed by atoms with E-state index in [-0.39, 0.29) is 6.04 Å². The van der Waals surface area contributed by atoms with Crippen LogP contribution in [0.4, 0.5) is 4.79 Å². The van der Waals surface area contributed by atoms with Crippen molar-refractivity contribution in [2.24, 2.45) is 7.05 Å². The molecule has 0 unspecified atom stereocenters. The molecule has 1 aliphatic rings. The van der Waals surface area contributed by atoms with E-state index in [2.05, 4.69) is 43.2 Å². The van der Waals surface area contributed by atoms with Gasteiger partial charge in [-0.15, -0.1) is 0 Å². The smallest absolute Gasteiger partial charge is 0.407 e. The van der Waals surface area contributed by atoms with Gasteiger partial charge in [0.2, 0.25) is 0 Å². The summed E-state index contributed by atoms with van der Waals surface area (Å²) in [4.78, 5) is 20.6. The summed E-state index contributed by atoms with van der Waals surface area (Å²) >= 11 is 0. The number of carbonyl (C=O) groups is 1. The Bertz CT molecular complexity index is 1300. The highest BCUT2D eigenvalue weighted by atomic mass is 16.4. The van der Waals surface area contributed by atoms with Crippen molar-refractivity contribution in [2.45, 2.75) is 58.0 Å². The number of nitrogens with zero attached hydrogens (tertiary/aromatic N) is 7. The Morgan fingerprint density at radius 2 is 1.57 bits per heavy atom. The van der Waals surface area contributed by atoms with Crippen molar-refractivity contribution in [3.05, 3.63) is 61.4 Å². The molecule has 9 nitrogen and oxygen atoms in total. The van der Waals surface area contributed by atoms with E-state index in [0.717, 1.165) is 33.6 Å². The van der Waals surface area contributed by atoms with E-state index in [1.807, 2.05) is 64.0 Å². The molecular weight excluding hydrogens is 466 g/mol. The first kappa shape index (κ1) is 26.1. The minimum atomic E-state index is -0.875. The van der Waals surface area contributed by atoms with Crippen molar-refractivity contribution < 1.29 is 9.90 Å². The first-order valence-corrected chi connectivity index (χ1v) is 12.7. The third kappa shape index (κ3) is 6.61. The monoisotopic (exact) mass is 501 g/mol. The van der Waals surface area contributed by atoms with E-state index in [9.17, 15) is 4.79 Å². The van der Waals surface area contributed by atoms with E-state index in [1.165, 1.54) is 37.0 Å². The van der Waals surface area contributed by atoms with Crippen molar-refractivity contribution in [1.82, 2.24) is 34.4 Å². The Hall–Kier alpha value is -4.01. The number of carboxylic acid groups (broad SMARTS) is 1. The topological polar surface area (TPSA) is 102 Å². The second kappa shape index (κ2) is 11.8. The Kier molecular flexibility index (Phi) is 8.32. The lowest BCUT2D eigenvalue weighted by atomic mass is 9.96. The van der Waals surface area contributed by atoms with E-state index >= 15 is 0 Å². The fourth-order valence-electron chi connectivity index (χ4n) is 4.29. The predicted octanol–water partition coefficient (Wildman–Crippen LogP) is 5.92. The molecule has 194 valence electrons. The SMILES string of the molecule is CC(C)N(C)C(=O)O.Cn1cc(-c2cccc(-c3ncc(-c4cnn(C5CCCCC5)c4)cn3)c2)cn1. The van der Waals surface area contributed by atoms with Crippen molar-refractivity contribution >= 4 is 6.09 Å². The third-order valence-electron chi connectivity index (χ3n) is 6.77. The second-order valence-electron chi connectivity index (χ2n) is 9.77. The van der Waals surface area contributed by atoms with Crippen LogP contribution in [0.25, 0.3) is 33.6 Å². The third-order valence-corrected chi connectivity index (χ3v) is 6.77. The lowest BCUT2D eigenvalue weighted by Gasteiger charge is -2.21. The molecule has 1 fully saturated rings. The number of hydrogen-bond acceptors (Lipinski definition) is 5. The van der Waals surface area contributed by atoms with Crippen molar-refractivity contribution in [3.8, 4) is 33.6 Å². The molecule has 37 heavy (non-hydrogen) atoms. The van der Waals surface area contributed by atoms with Gasteiger partial charge in [0.1, 0.15) is 0 Å². The highest BCUT2D eigenvalue weighted by molar-refractivity contribution is 5.70. The zero-order valence-corrected chi connectivity index (χ0v) is 21.9. The number of rotatable bonds is 5. The van der Waals surface area contributed by atoms with E-state index in [0.29, 0.717) is 6.04 Å². The Morgan fingerprint density at radius 3 is 2.16 bits per heavy atom. The van der Waals surface area contributed by atoms with Gasteiger partial charge in [-0.3, -0.25) is 9.36 Å². The highest BCUT2D eigenvalue weighted by Gasteiger charge is 2.16. The summed E-state index contributed by atoms with van der Waals surface area (Å²) < 4.78 is 3.93. The molecular formula is C28H35N7O2. The largest absolute Gasteiger partial charge is 0.465 e. The minimum absolute atomic E-state index is 0.0764. The van der Waals surface area contributed by atoms with Gasteiger partial charge in [-0.1, -0.05) is 37.5 Å². The molecule has 0 atom stereocenters. The van der Waals surface area contributed by atoms with Gasteiger partial charge in [0, 0.05) is 67.2 Å². The van der Waals surface area contributed by atoms with Crippen molar-refractivity contribution in [1.29, 1.82) is 0 Å². The van der Waals surface area contributed by atoms with Gasteiger partial charge < -0.3 is 10.0 Å². The van der Waals surface area contributed by atoms with Crippen LogP contribution in [0, 0.1) is 0 Å². The summed E-state index contributed by atoms with van der Waals surface area (Å²) in [6.45, 7) is 3.66. The summed E-state index contributed by atoms with van der Waals surface area (Å²) in [6.07, 6.45) is 17.2. The summed E-state index contributed by atoms with van der Waals surface area (Å²) in [5.74, 6) is 0.721. The first-order valence-electron chi connectivity index (χ1n) is 12.7. The maximum atomic E-state index is 10.1. The molecule has 3 heterocycles. The van der Waals surface area contributed by atoms with Gasteiger partial charge >= 0.3 is 6.09 Å². The molecule has 9 heteroatoms. The van der Waals surface area contributed by atoms with E-state index < -0.39 is 6.09 Å². The van der Waals surface area contributed by atoms with Crippen LogP contribution in [0.15, 0.2) is 61.4 Å². The molecule has 1 amide bonds. The molecule has 0 spiro atoms. The van der Waals surface area contributed by atoms with Crippen LogP contribution in [0.1, 0.15) is 52.0 Å². The van der Waals surface area contributed by atoms with Gasteiger partial charge in [-0.2, -0.15) is 10.2 Å². The van der Waals surface area contributed by atoms with Crippen LogP contribution >= 0.6 is 0 Å². The van der Waals surface area contributed by atoms with E-state index in [4.69, 9.17) is 5.11 Å². The van der Waals surface area contributed by atoms with Crippen LogP contribution in [0.3, 0.4) is 0 Å². The van der Waals surface area contributed by atoms with Crippen LogP contribution < -0.4 is 0 Å².